The number of urea groups is 1. The fraction of sp³-hybridized carbons (Fsp3) is 0.308. The van der Waals surface area contributed by atoms with Crippen molar-refractivity contribution in [2.45, 2.75) is 0 Å². The third-order valence-corrected chi connectivity index (χ3v) is 3.18. The number of benzene rings is 1. The lowest BCUT2D eigenvalue weighted by atomic mass is 10.1. The minimum absolute atomic E-state index is 0.0608. The predicted molar refractivity (Wildman–Crippen MR) is 78.0 cm³/mol. The van der Waals surface area contributed by atoms with Crippen LogP contribution in [0.15, 0.2) is 18.2 Å². The number of rotatable bonds is 5. The Bertz CT molecular complexity index is 674. The Labute approximate surface area is 130 Å². The van der Waals surface area contributed by atoms with Crippen molar-refractivity contribution in [3.8, 4) is 0 Å². The Balaban J connectivity index is 2.03. The van der Waals surface area contributed by atoms with E-state index in [4.69, 9.17) is 4.74 Å². The smallest absolute Gasteiger partial charge is 0.338 e. The number of imide groups is 1. The molecule has 23 heavy (non-hydrogen) atoms. The largest absolute Gasteiger partial charge is 0.452 e. The highest BCUT2D eigenvalue weighted by Crippen LogP contribution is 2.25. The summed E-state index contributed by atoms with van der Waals surface area (Å²) in [6.45, 7) is -0.0679. The van der Waals surface area contributed by atoms with E-state index in [1.807, 2.05) is 0 Å². The molecule has 122 valence electrons. The summed E-state index contributed by atoms with van der Waals surface area (Å²) in [5, 5.41) is 16.0. The highest BCUT2D eigenvalue weighted by Gasteiger charge is 2.27. The highest BCUT2D eigenvalue weighted by molar-refractivity contribution is 5.98. The number of carbonyl (C=O) groups excluding carboxylic acids is 3. The van der Waals surface area contributed by atoms with E-state index >= 15 is 0 Å². The maximum absolute atomic E-state index is 11.9. The first-order valence-electron chi connectivity index (χ1n) is 6.65. The summed E-state index contributed by atoms with van der Waals surface area (Å²) in [7, 11) is 1.51. The molecule has 2 rings (SSSR count). The lowest BCUT2D eigenvalue weighted by Gasteiger charge is -2.12. The molecule has 0 bridgehead atoms. The summed E-state index contributed by atoms with van der Waals surface area (Å²) in [6.07, 6.45) is 0. The molecule has 0 aromatic heterocycles. The van der Waals surface area contributed by atoms with Crippen molar-refractivity contribution < 1.29 is 24.0 Å². The van der Waals surface area contributed by atoms with Gasteiger partial charge in [-0.2, -0.15) is 0 Å². The van der Waals surface area contributed by atoms with Crippen LogP contribution in [0.25, 0.3) is 0 Å². The standard InChI is InChI=1S/C13H14N4O6/c1-14-9-3-2-8(6-10(9)17(21)22)12(19)23-7-11(18)16-5-4-15-13(16)20/h2-3,6,14H,4-5,7H2,1H3,(H,15,20). The topological polar surface area (TPSA) is 131 Å². The molecule has 0 unspecified atom stereocenters. The van der Waals surface area contributed by atoms with E-state index in [9.17, 15) is 24.5 Å². The van der Waals surface area contributed by atoms with E-state index < -0.39 is 29.4 Å². The minimum Gasteiger partial charge on any atom is -0.452 e. The van der Waals surface area contributed by atoms with Gasteiger partial charge in [0.2, 0.25) is 0 Å². The van der Waals surface area contributed by atoms with Crippen molar-refractivity contribution in [1.82, 2.24) is 10.2 Å². The van der Waals surface area contributed by atoms with Gasteiger partial charge in [0, 0.05) is 26.2 Å². The molecule has 3 amide bonds. The number of nitro groups is 1. The number of nitro benzene ring substituents is 1. The molecule has 2 N–H and O–H groups in total. The van der Waals surface area contributed by atoms with Gasteiger partial charge in [0.05, 0.1) is 10.5 Å². The number of anilines is 1. The first-order valence-corrected chi connectivity index (χ1v) is 6.65. The van der Waals surface area contributed by atoms with Crippen LogP contribution in [-0.2, 0) is 9.53 Å². The van der Waals surface area contributed by atoms with E-state index in [1.54, 1.807) is 0 Å². The lowest BCUT2D eigenvalue weighted by Crippen LogP contribution is -2.37. The average Bonchev–Trinajstić information content (AvgIpc) is 2.97. The van der Waals surface area contributed by atoms with Gasteiger partial charge in [-0.05, 0) is 12.1 Å². The molecular formula is C13H14N4O6. The summed E-state index contributed by atoms with van der Waals surface area (Å²) in [5.74, 6) is -1.54. The number of ether oxygens (including phenoxy) is 1. The van der Waals surface area contributed by atoms with Crippen molar-refractivity contribution in [3.63, 3.8) is 0 Å². The molecule has 1 aliphatic rings. The normalized spacial score (nSPS) is 13.4. The lowest BCUT2D eigenvalue weighted by molar-refractivity contribution is -0.384. The maximum Gasteiger partial charge on any atom is 0.338 e. The van der Waals surface area contributed by atoms with Gasteiger partial charge in [-0.1, -0.05) is 0 Å². The van der Waals surface area contributed by atoms with Crippen molar-refractivity contribution in [2.24, 2.45) is 0 Å². The van der Waals surface area contributed by atoms with Gasteiger partial charge in [0.25, 0.3) is 11.6 Å². The zero-order valence-electron chi connectivity index (χ0n) is 12.2. The summed E-state index contributed by atoms with van der Waals surface area (Å²) in [4.78, 5) is 46.1. The quantitative estimate of drug-likeness (QED) is 0.454. The van der Waals surface area contributed by atoms with E-state index in [0.717, 1.165) is 11.0 Å². The second-order valence-corrected chi connectivity index (χ2v) is 4.59. The van der Waals surface area contributed by atoms with Crippen molar-refractivity contribution in [3.05, 3.63) is 33.9 Å². The van der Waals surface area contributed by atoms with Crippen LogP contribution in [0.3, 0.4) is 0 Å². The summed E-state index contributed by atoms with van der Waals surface area (Å²) in [5.41, 5.74) is -0.0991. The van der Waals surface area contributed by atoms with Gasteiger partial charge >= 0.3 is 12.0 Å². The Kier molecular flexibility index (Phi) is 4.74. The number of hydrogen-bond donors (Lipinski definition) is 2. The van der Waals surface area contributed by atoms with Crippen LogP contribution in [0.5, 0.6) is 0 Å². The second kappa shape index (κ2) is 6.73. The van der Waals surface area contributed by atoms with E-state index in [0.29, 0.717) is 6.54 Å². The molecule has 0 spiro atoms. The Morgan fingerprint density at radius 3 is 2.78 bits per heavy atom. The first-order chi connectivity index (χ1) is 10.9. The zero-order chi connectivity index (χ0) is 17.0. The van der Waals surface area contributed by atoms with Crippen LogP contribution in [0.4, 0.5) is 16.2 Å². The molecular weight excluding hydrogens is 308 g/mol. The van der Waals surface area contributed by atoms with Crippen LogP contribution in [0.2, 0.25) is 0 Å². The summed E-state index contributed by atoms with van der Waals surface area (Å²) >= 11 is 0. The first kappa shape index (κ1) is 16.2. The van der Waals surface area contributed by atoms with Crippen LogP contribution < -0.4 is 10.6 Å². The van der Waals surface area contributed by atoms with Crippen molar-refractivity contribution in [1.29, 1.82) is 0 Å². The van der Waals surface area contributed by atoms with Crippen LogP contribution in [-0.4, -0.2) is 54.5 Å². The van der Waals surface area contributed by atoms with Crippen LogP contribution >= 0.6 is 0 Å². The molecule has 1 aliphatic heterocycles. The molecule has 10 heteroatoms. The molecule has 0 aliphatic carbocycles. The molecule has 0 atom stereocenters. The van der Waals surface area contributed by atoms with Crippen molar-refractivity contribution in [2.75, 3.05) is 32.1 Å². The monoisotopic (exact) mass is 322 g/mol. The van der Waals surface area contributed by atoms with Gasteiger partial charge in [0.15, 0.2) is 6.61 Å². The van der Waals surface area contributed by atoms with Gasteiger partial charge in [-0.25, -0.2) is 9.59 Å². The summed E-state index contributed by atoms with van der Waals surface area (Å²) in [6, 6.07) is 3.22. The fourth-order valence-electron chi connectivity index (χ4n) is 2.02. The van der Waals surface area contributed by atoms with Gasteiger partial charge in [0.1, 0.15) is 5.69 Å². The number of nitrogens with zero attached hydrogens (tertiary/aromatic N) is 2. The third-order valence-electron chi connectivity index (χ3n) is 3.18. The third kappa shape index (κ3) is 3.54. The number of amides is 3. The molecule has 1 fully saturated rings. The number of hydrogen-bond acceptors (Lipinski definition) is 7. The molecule has 1 saturated heterocycles. The van der Waals surface area contributed by atoms with Gasteiger partial charge in [-0.3, -0.25) is 19.8 Å². The average molecular weight is 322 g/mol. The zero-order valence-corrected chi connectivity index (χ0v) is 12.2. The highest BCUT2D eigenvalue weighted by atomic mass is 16.6. The van der Waals surface area contributed by atoms with Crippen molar-refractivity contribution >= 4 is 29.3 Å². The van der Waals surface area contributed by atoms with E-state index in [-0.39, 0.29) is 23.5 Å². The van der Waals surface area contributed by atoms with E-state index in [2.05, 4.69) is 10.6 Å². The fourth-order valence-corrected chi connectivity index (χ4v) is 2.02. The van der Waals surface area contributed by atoms with Crippen LogP contribution in [0, 0.1) is 10.1 Å². The number of carbonyl (C=O) groups is 3. The maximum atomic E-state index is 11.9. The van der Waals surface area contributed by atoms with Gasteiger partial charge < -0.3 is 15.4 Å². The Morgan fingerprint density at radius 1 is 1.48 bits per heavy atom. The Hall–Kier alpha value is -3.17. The molecule has 1 heterocycles. The predicted octanol–water partition coefficient (Wildman–Crippen LogP) is 0.345. The number of esters is 1. The summed E-state index contributed by atoms with van der Waals surface area (Å²) < 4.78 is 4.81. The van der Waals surface area contributed by atoms with Crippen LogP contribution in [0.1, 0.15) is 10.4 Å². The number of nitrogens with one attached hydrogen (secondary N) is 2. The van der Waals surface area contributed by atoms with E-state index in [1.165, 1.54) is 19.2 Å². The molecule has 0 saturated carbocycles. The SMILES string of the molecule is CNc1ccc(C(=O)OCC(=O)N2CCNC2=O)cc1[N+](=O)[O-]. The molecule has 1 aromatic rings. The van der Waals surface area contributed by atoms with Gasteiger partial charge in [-0.15, -0.1) is 0 Å². The Morgan fingerprint density at radius 2 is 2.22 bits per heavy atom. The second-order valence-electron chi connectivity index (χ2n) is 4.59. The molecule has 10 nitrogen and oxygen atoms in total. The molecule has 0 radical (unpaired) electrons. The molecule has 1 aromatic carbocycles. The minimum atomic E-state index is -0.885.